The van der Waals surface area contributed by atoms with E-state index in [2.05, 4.69) is 5.32 Å². The summed E-state index contributed by atoms with van der Waals surface area (Å²) in [6.45, 7) is 1.83. The van der Waals surface area contributed by atoms with E-state index in [0.717, 1.165) is 11.1 Å². The van der Waals surface area contributed by atoms with E-state index in [1.807, 2.05) is 43.3 Å². The third-order valence-corrected chi connectivity index (χ3v) is 3.56. The first kappa shape index (κ1) is 18.8. The Labute approximate surface area is 141 Å². The van der Waals surface area contributed by atoms with Crippen molar-refractivity contribution in [3.63, 3.8) is 0 Å². The van der Waals surface area contributed by atoms with Crippen LogP contribution in [0.1, 0.15) is 11.1 Å². The molecule has 0 unspecified atom stereocenters. The molecule has 0 saturated carbocycles. The van der Waals surface area contributed by atoms with E-state index in [1.165, 1.54) is 11.7 Å². The van der Waals surface area contributed by atoms with Gasteiger partial charge in [-0.05, 0) is 24.1 Å². The number of rotatable bonds is 5. The van der Waals surface area contributed by atoms with Crippen molar-refractivity contribution in [3.05, 3.63) is 64.1 Å². The van der Waals surface area contributed by atoms with Crippen LogP contribution >= 0.6 is 12.4 Å². The fraction of sp³-hybridized carbons (Fsp3) is 0.294. The van der Waals surface area contributed by atoms with Crippen molar-refractivity contribution >= 4 is 24.1 Å². The van der Waals surface area contributed by atoms with Crippen LogP contribution in [0.5, 0.6) is 0 Å². The van der Waals surface area contributed by atoms with Gasteiger partial charge in [-0.1, -0.05) is 30.3 Å². The van der Waals surface area contributed by atoms with Gasteiger partial charge in [-0.25, -0.2) is 4.79 Å². The summed E-state index contributed by atoms with van der Waals surface area (Å²) in [7, 11) is 3.02. The molecule has 2 rings (SSSR count). The Morgan fingerprint density at radius 2 is 1.91 bits per heavy atom. The molecule has 2 aromatic rings. The van der Waals surface area contributed by atoms with Gasteiger partial charge in [-0.15, -0.1) is 12.4 Å². The molecule has 1 aromatic carbocycles. The Morgan fingerprint density at radius 1 is 1.26 bits per heavy atom. The van der Waals surface area contributed by atoms with Crippen molar-refractivity contribution in [3.8, 4) is 0 Å². The maximum absolute atomic E-state index is 12.2. The third-order valence-electron chi connectivity index (χ3n) is 3.56. The number of aromatic nitrogens is 1. The number of pyridine rings is 1. The molecule has 1 heterocycles. The lowest BCUT2D eigenvalue weighted by molar-refractivity contribution is -0.141. The summed E-state index contributed by atoms with van der Waals surface area (Å²) < 4.78 is 6.33. The zero-order valence-corrected chi connectivity index (χ0v) is 14.2. The third kappa shape index (κ3) is 4.60. The number of ether oxygens (including phenoxy) is 1. The lowest BCUT2D eigenvalue weighted by Crippen LogP contribution is -2.36. The van der Waals surface area contributed by atoms with E-state index < -0.39 is 12.0 Å². The number of methoxy groups -OCH3 is 1. The summed E-state index contributed by atoms with van der Waals surface area (Å²) >= 11 is 0. The number of esters is 1. The Kier molecular flexibility index (Phi) is 6.85. The molecule has 0 spiro atoms. The molecule has 6 heteroatoms. The average molecular weight is 337 g/mol. The molecular weight excluding hydrogens is 316 g/mol. The number of carbonyl (C=O) groups is 1. The van der Waals surface area contributed by atoms with Gasteiger partial charge in [0.1, 0.15) is 11.7 Å². The minimum atomic E-state index is -0.610. The first-order valence-electron chi connectivity index (χ1n) is 7.07. The fourth-order valence-corrected chi connectivity index (χ4v) is 2.25. The number of aryl methyl sites for hydroxylation is 2. The van der Waals surface area contributed by atoms with Gasteiger partial charge in [-0.2, -0.15) is 0 Å². The van der Waals surface area contributed by atoms with Crippen molar-refractivity contribution in [2.75, 3.05) is 12.4 Å². The second-order valence-electron chi connectivity index (χ2n) is 5.20. The predicted molar refractivity (Wildman–Crippen MR) is 93.2 cm³/mol. The van der Waals surface area contributed by atoms with Crippen LogP contribution in [0.25, 0.3) is 0 Å². The summed E-state index contributed by atoms with van der Waals surface area (Å²) in [6.07, 6.45) is 2.15. The summed E-state index contributed by atoms with van der Waals surface area (Å²) in [5, 5.41) is 3.05. The van der Waals surface area contributed by atoms with E-state index in [9.17, 15) is 9.59 Å². The van der Waals surface area contributed by atoms with E-state index >= 15 is 0 Å². The molecule has 124 valence electrons. The summed E-state index contributed by atoms with van der Waals surface area (Å²) in [5.74, 6) is -0.394. The summed E-state index contributed by atoms with van der Waals surface area (Å²) in [5.41, 5.74) is 2.05. The van der Waals surface area contributed by atoms with Gasteiger partial charge in [0.2, 0.25) is 0 Å². The molecule has 0 radical (unpaired) electrons. The van der Waals surface area contributed by atoms with E-state index in [-0.39, 0.29) is 18.0 Å². The molecule has 0 fully saturated rings. The predicted octanol–water partition coefficient (Wildman–Crippen LogP) is 2.31. The van der Waals surface area contributed by atoms with Gasteiger partial charge in [0, 0.05) is 19.7 Å². The standard InChI is InChI=1S/C17H20N2O3.ClH/c1-12-9-10-19(2)16(20)15(12)18-14(17(21)22-3)11-13-7-5-4-6-8-13;/h4-10,14,18H,11H2,1-3H3;1H/t14-;/m0./s1. The molecule has 0 aliphatic carbocycles. The highest BCUT2D eigenvalue weighted by atomic mass is 35.5. The molecule has 23 heavy (non-hydrogen) atoms. The largest absolute Gasteiger partial charge is 0.467 e. The van der Waals surface area contributed by atoms with Gasteiger partial charge in [-0.3, -0.25) is 4.79 Å². The van der Waals surface area contributed by atoms with Gasteiger partial charge in [0.25, 0.3) is 5.56 Å². The number of nitrogens with zero attached hydrogens (tertiary/aromatic N) is 1. The number of halogens is 1. The number of anilines is 1. The number of hydrogen-bond acceptors (Lipinski definition) is 4. The van der Waals surface area contributed by atoms with Crippen molar-refractivity contribution in [2.24, 2.45) is 7.05 Å². The maximum Gasteiger partial charge on any atom is 0.328 e. The smallest absolute Gasteiger partial charge is 0.328 e. The molecule has 1 N–H and O–H groups in total. The second-order valence-corrected chi connectivity index (χ2v) is 5.20. The fourth-order valence-electron chi connectivity index (χ4n) is 2.25. The molecule has 5 nitrogen and oxygen atoms in total. The topological polar surface area (TPSA) is 60.3 Å². The van der Waals surface area contributed by atoms with Gasteiger partial charge < -0.3 is 14.6 Å². The number of carbonyl (C=O) groups excluding carboxylic acids is 1. The molecule has 0 aliphatic heterocycles. The van der Waals surface area contributed by atoms with E-state index in [1.54, 1.807) is 13.2 Å². The second kappa shape index (κ2) is 8.39. The Hall–Kier alpha value is -2.27. The molecular formula is C17H21ClN2O3. The number of hydrogen-bond donors (Lipinski definition) is 1. The Morgan fingerprint density at radius 3 is 2.52 bits per heavy atom. The number of nitrogens with one attached hydrogen (secondary N) is 1. The molecule has 1 atom stereocenters. The minimum absolute atomic E-state index is 0. The van der Waals surface area contributed by atoms with Crippen LogP contribution in [-0.2, 0) is 23.0 Å². The monoisotopic (exact) mass is 336 g/mol. The SMILES string of the molecule is COC(=O)[C@H](Cc1ccccc1)Nc1c(C)ccn(C)c1=O.Cl. The van der Waals surface area contributed by atoms with Crippen molar-refractivity contribution in [1.82, 2.24) is 4.57 Å². The van der Waals surface area contributed by atoms with Crippen LogP contribution in [0.4, 0.5) is 5.69 Å². The van der Waals surface area contributed by atoms with E-state index in [0.29, 0.717) is 12.1 Å². The molecule has 0 aliphatic rings. The zero-order chi connectivity index (χ0) is 16.1. The highest BCUT2D eigenvalue weighted by Crippen LogP contribution is 2.13. The lowest BCUT2D eigenvalue weighted by atomic mass is 10.1. The summed E-state index contributed by atoms with van der Waals surface area (Å²) in [4.78, 5) is 24.3. The minimum Gasteiger partial charge on any atom is -0.467 e. The zero-order valence-electron chi connectivity index (χ0n) is 13.4. The lowest BCUT2D eigenvalue weighted by Gasteiger charge is -2.19. The highest BCUT2D eigenvalue weighted by molar-refractivity contribution is 5.85. The maximum atomic E-state index is 12.2. The van der Waals surface area contributed by atoms with Crippen LogP contribution in [0.3, 0.4) is 0 Å². The van der Waals surface area contributed by atoms with Gasteiger partial charge in [0.15, 0.2) is 0 Å². The van der Waals surface area contributed by atoms with E-state index in [4.69, 9.17) is 4.74 Å². The molecule has 0 saturated heterocycles. The van der Waals surface area contributed by atoms with Crippen LogP contribution < -0.4 is 10.9 Å². The van der Waals surface area contributed by atoms with Crippen LogP contribution in [-0.4, -0.2) is 23.7 Å². The highest BCUT2D eigenvalue weighted by Gasteiger charge is 2.21. The normalized spacial score (nSPS) is 11.3. The molecule has 0 bridgehead atoms. The summed E-state index contributed by atoms with van der Waals surface area (Å²) in [6, 6.07) is 10.8. The average Bonchev–Trinajstić information content (AvgIpc) is 2.54. The Balaban J connectivity index is 0.00000264. The van der Waals surface area contributed by atoms with Crippen molar-refractivity contribution in [2.45, 2.75) is 19.4 Å². The van der Waals surface area contributed by atoms with Crippen LogP contribution in [0.15, 0.2) is 47.4 Å². The molecule has 1 aromatic heterocycles. The van der Waals surface area contributed by atoms with Crippen LogP contribution in [0, 0.1) is 6.92 Å². The van der Waals surface area contributed by atoms with Crippen LogP contribution in [0.2, 0.25) is 0 Å². The van der Waals surface area contributed by atoms with Gasteiger partial charge >= 0.3 is 5.97 Å². The molecule has 0 amide bonds. The number of benzene rings is 1. The first-order valence-corrected chi connectivity index (χ1v) is 7.07. The first-order chi connectivity index (χ1) is 10.5. The van der Waals surface area contributed by atoms with Crippen molar-refractivity contribution < 1.29 is 9.53 Å². The van der Waals surface area contributed by atoms with Gasteiger partial charge in [0.05, 0.1) is 7.11 Å². The quantitative estimate of drug-likeness (QED) is 0.851. The Bertz CT molecular complexity index is 714. The van der Waals surface area contributed by atoms with Crippen molar-refractivity contribution in [1.29, 1.82) is 0 Å².